The fraction of sp³-hybridized carbons (Fsp3) is 0.929. The van der Waals surface area contributed by atoms with Crippen LogP contribution < -0.4 is 0 Å². The molecule has 4 rings (SSSR count). The van der Waals surface area contributed by atoms with Crippen molar-refractivity contribution in [3.8, 4) is 0 Å². The third-order valence-corrected chi connectivity index (χ3v) is 5.52. The predicted molar refractivity (Wildman–Crippen MR) is 62.7 cm³/mol. The van der Waals surface area contributed by atoms with Crippen LogP contribution in [0.25, 0.3) is 0 Å². The Morgan fingerprint density at radius 2 is 1.83 bits per heavy atom. The Bertz CT molecular complexity index is 393. The molecular formula is C14H20O4. The maximum atomic E-state index is 11.8. The lowest BCUT2D eigenvalue weighted by Gasteiger charge is -2.34. The average molecular weight is 252 g/mol. The second kappa shape index (κ2) is 3.28. The SMILES string of the molecule is O=C(O)[C@@]1(CC2CCCCC2)CCC23OC2(C1)O3. The van der Waals surface area contributed by atoms with Gasteiger partial charge in [0.2, 0.25) is 11.6 Å². The molecule has 1 N–H and O–H groups in total. The van der Waals surface area contributed by atoms with Gasteiger partial charge in [-0.05, 0) is 18.8 Å². The third-order valence-electron chi connectivity index (χ3n) is 5.52. The van der Waals surface area contributed by atoms with Gasteiger partial charge in [-0.25, -0.2) is 0 Å². The summed E-state index contributed by atoms with van der Waals surface area (Å²) in [7, 11) is 0. The number of carboxylic acids is 1. The first-order valence-corrected chi connectivity index (χ1v) is 7.24. The summed E-state index contributed by atoms with van der Waals surface area (Å²) in [6.45, 7) is 0. The van der Waals surface area contributed by atoms with Crippen LogP contribution in [-0.4, -0.2) is 22.7 Å². The van der Waals surface area contributed by atoms with E-state index in [1.165, 1.54) is 32.1 Å². The highest BCUT2D eigenvalue weighted by Crippen LogP contribution is 2.77. The standard InChI is InChI=1S/C14H20O4/c15-11(16)12(8-10-4-2-1-3-5-10)6-7-13-14(9-12,17-13)18-13/h10H,1-9H2,(H,15,16)/t12-,13?,14?/m1/s1. The molecular weight excluding hydrogens is 232 g/mol. The molecule has 2 aliphatic carbocycles. The highest BCUT2D eigenvalue weighted by Gasteiger charge is 2.93. The lowest BCUT2D eigenvalue weighted by Crippen LogP contribution is -2.38. The summed E-state index contributed by atoms with van der Waals surface area (Å²) in [5, 5.41) is 9.68. The third kappa shape index (κ3) is 1.36. The predicted octanol–water partition coefficient (Wildman–Crippen LogP) is 2.66. The topological polar surface area (TPSA) is 62.4 Å². The summed E-state index contributed by atoms with van der Waals surface area (Å²) >= 11 is 0. The van der Waals surface area contributed by atoms with E-state index in [0.717, 1.165) is 19.3 Å². The number of hydrogen-bond acceptors (Lipinski definition) is 3. The maximum Gasteiger partial charge on any atom is 0.309 e. The Hall–Kier alpha value is -0.610. The molecule has 2 saturated carbocycles. The van der Waals surface area contributed by atoms with E-state index < -0.39 is 17.2 Å². The van der Waals surface area contributed by atoms with Gasteiger partial charge in [0.25, 0.3) is 0 Å². The molecule has 0 aromatic carbocycles. The first-order valence-electron chi connectivity index (χ1n) is 7.24. The van der Waals surface area contributed by atoms with Crippen molar-refractivity contribution in [1.82, 2.24) is 0 Å². The van der Waals surface area contributed by atoms with E-state index in [-0.39, 0.29) is 5.79 Å². The summed E-state index contributed by atoms with van der Waals surface area (Å²) < 4.78 is 11.1. The second-order valence-electron chi connectivity index (χ2n) is 6.68. The van der Waals surface area contributed by atoms with E-state index in [2.05, 4.69) is 0 Å². The number of carboxylic acid groups (broad SMARTS) is 1. The fourth-order valence-corrected chi connectivity index (χ4v) is 4.31. The monoisotopic (exact) mass is 252 g/mol. The maximum absolute atomic E-state index is 11.8. The lowest BCUT2D eigenvalue weighted by atomic mass is 9.67. The fourth-order valence-electron chi connectivity index (χ4n) is 4.31. The number of carbonyl (C=O) groups is 1. The molecule has 0 aromatic heterocycles. The molecule has 0 bridgehead atoms. The summed E-state index contributed by atoms with van der Waals surface area (Å²) in [5.74, 6) is -0.852. The van der Waals surface area contributed by atoms with Crippen molar-refractivity contribution in [3.05, 3.63) is 0 Å². The van der Waals surface area contributed by atoms with Crippen LogP contribution in [0.3, 0.4) is 0 Å². The molecule has 4 nitrogen and oxygen atoms in total. The number of ether oxygens (including phenoxy) is 2. The normalized spacial score (nSPS) is 50.2. The molecule has 4 fully saturated rings. The van der Waals surface area contributed by atoms with Crippen LogP contribution in [0.1, 0.15) is 57.8 Å². The molecule has 18 heavy (non-hydrogen) atoms. The van der Waals surface area contributed by atoms with Crippen LogP contribution in [-0.2, 0) is 14.3 Å². The summed E-state index contributed by atoms with van der Waals surface area (Å²) in [4.78, 5) is 11.8. The second-order valence-corrected chi connectivity index (χ2v) is 6.68. The zero-order valence-corrected chi connectivity index (χ0v) is 10.6. The van der Waals surface area contributed by atoms with E-state index >= 15 is 0 Å². The van der Waals surface area contributed by atoms with E-state index in [1.54, 1.807) is 0 Å². The van der Waals surface area contributed by atoms with Gasteiger partial charge in [-0.3, -0.25) is 4.79 Å². The van der Waals surface area contributed by atoms with Gasteiger partial charge in [0.05, 0.1) is 5.41 Å². The molecule has 4 aliphatic rings. The quantitative estimate of drug-likeness (QED) is 0.784. The molecule has 2 saturated heterocycles. The smallest absolute Gasteiger partial charge is 0.309 e. The van der Waals surface area contributed by atoms with Gasteiger partial charge < -0.3 is 14.6 Å². The summed E-state index contributed by atoms with van der Waals surface area (Å²) in [5.41, 5.74) is -0.585. The molecule has 1 atom stereocenters. The zero-order chi connectivity index (χ0) is 12.4. The van der Waals surface area contributed by atoms with E-state index in [0.29, 0.717) is 12.3 Å². The van der Waals surface area contributed by atoms with Crippen LogP contribution in [0.15, 0.2) is 0 Å². The largest absolute Gasteiger partial charge is 0.481 e. The minimum Gasteiger partial charge on any atom is -0.481 e. The first kappa shape index (κ1) is 11.2. The number of rotatable bonds is 3. The Morgan fingerprint density at radius 3 is 2.44 bits per heavy atom. The van der Waals surface area contributed by atoms with Crippen LogP contribution in [0.2, 0.25) is 0 Å². The number of hydrogen-bond donors (Lipinski definition) is 1. The molecule has 0 spiro atoms. The molecule has 4 heteroatoms. The highest BCUT2D eigenvalue weighted by atomic mass is 17.0. The Morgan fingerprint density at radius 1 is 1.11 bits per heavy atom. The average Bonchev–Trinajstić information content (AvgIpc) is 3.15. The first-order chi connectivity index (χ1) is 8.60. The molecule has 2 heterocycles. The minimum atomic E-state index is -0.637. The van der Waals surface area contributed by atoms with Gasteiger partial charge in [0, 0.05) is 12.8 Å². The van der Waals surface area contributed by atoms with E-state index in [9.17, 15) is 9.90 Å². The lowest BCUT2D eigenvalue weighted by molar-refractivity contribution is -0.154. The molecule has 0 aromatic rings. The van der Waals surface area contributed by atoms with Gasteiger partial charge in [-0.2, -0.15) is 0 Å². The van der Waals surface area contributed by atoms with Gasteiger partial charge in [-0.1, -0.05) is 32.1 Å². The van der Waals surface area contributed by atoms with Crippen LogP contribution in [0.5, 0.6) is 0 Å². The Kier molecular flexibility index (Phi) is 2.05. The van der Waals surface area contributed by atoms with Gasteiger partial charge in [0.15, 0.2) is 0 Å². The van der Waals surface area contributed by atoms with Crippen LogP contribution >= 0.6 is 0 Å². The van der Waals surface area contributed by atoms with Crippen molar-refractivity contribution in [2.75, 3.05) is 0 Å². The molecule has 2 aliphatic heterocycles. The number of aliphatic carboxylic acids is 1. The minimum absolute atomic E-state index is 0.335. The van der Waals surface area contributed by atoms with Crippen molar-refractivity contribution in [2.45, 2.75) is 69.4 Å². The van der Waals surface area contributed by atoms with Crippen molar-refractivity contribution in [1.29, 1.82) is 0 Å². The molecule has 0 radical (unpaired) electrons. The van der Waals surface area contributed by atoms with E-state index in [1.807, 2.05) is 0 Å². The van der Waals surface area contributed by atoms with Gasteiger partial charge in [-0.15, -0.1) is 0 Å². The number of epoxide rings is 2. The van der Waals surface area contributed by atoms with Crippen molar-refractivity contribution in [3.63, 3.8) is 0 Å². The van der Waals surface area contributed by atoms with Crippen LogP contribution in [0.4, 0.5) is 0 Å². The summed E-state index contributed by atoms with van der Waals surface area (Å²) in [6, 6.07) is 0. The van der Waals surface area contributed by atoms with Crippen molar-refractivity contribution in [2.24, 2.45) is 11.3 Å². The van der Waals surface area contributed by atoms with Gasteiger partial charge >= 0.3 is 5.97 Å². The van der Waals surface area contributed by atoms with Crippen molar-refractivity contribution >= 4 is 5.97 Å². The van der Waals surface area contributed by atoms with Crippen LogP contribution in [0, 0.1) is 11.3 Å². The molecule has 0 unspecified atom stereocenters. The van der Waals surface area contributed by atoms with Crippen molar-refractivity contribution < 1.29 is 19.4 Å². The zero-order valence-electron chi connectivity index (χ0n) is 10.6. The van der Waals surface area contributed by atoms with E-state index in [4.69, 9.17) is 9.47 Å². The summed E-state index contributed by atoms with van der Waals surface area (Å²) in [6.07, 6.45) is 9.15. The Balaban J connectivity index is 1.51. The Labute approximate surface area is 107 Å². The molecule has 0 amide bonds. The highest BCUT2D eigenvalue weighted by molar-refractivity contribution is 5.75. The van der Waals surface area contributed by atoms with Gasteiger partial charge in [0.1, 0.15) is 0 Å². The molecule has 100 valence electrons.